The third-order valence-electron chi connectivity index (χ3n) is 5.28. The fraction of sp³-hybridized carbons (Fsp3) is 0.409. The molecule has 142 valence electrons. The van der Waals surface area contributed by atoms with Gasteiger partial charge in [-0.05, 0) is 43.6 Å². The first-order chi connectivity index (χ1) is 13.2. The molecule has 0 amide bonds. The van der Waals surface area contributed by atoms with Crippen molar-refractivity contribution in [2.24, 2.45) is 5.92 Å². The van der Waals surface area contributed by atoms with Gasteiger partial charge in [-0.15, -0.1) is 0 Å². The Morgan fingerprint density at radius 3 is 2.59 bits per heavy atom. The molecule has 2 aliphatic heterocycles. The molecule has 2 heterocycles. The zero-order chi connectivity index (χ0) is 18.6. The topological polar surface area (TPSA) is 38.8 Å². The zero-order valence-corrected chi connectivity index (χ0v) is 16.1. The maximum Gasteiger partial charge on any atom is 0.179 e. The van der Waals surface area contributed by atoms with Gasteiger partial charge in [0.25, 0.3) is 0 Å². The molecule has 0 N–H and O–H groups in total. The number of piperidine rings is 1. The van der Waals surface area contributed by atoms with Gasteiger partial charge in [-0.3, -0.25) is 9.69 Å². The first-order valence-corrected chi connectivity index (χ1v) is 9.98. The molecule has 27 heavy (non-hydrogen) atoms. The Morgan fingerprint density at radius 1 is 1.07 bits per heavy atom. The fourth-order valence-corrected chi connectivity index (χ4v) is 4.11. The summed E-state index contributed by atoms with van der Waals surface area (Å²) in [6.45, 7) is 3.92. The maximum absolute atomic E-state index is 12.6. The molecule has 0 unspecified atom stereocenters. The molecular formula is C22H24ClNO3. The van der Waals surface area contributed by atoms with E-state index in [0.717, 1.165) is 55.8 Å². The van der Waals surface area contributed by atoms with Gasteiger partial charge >= 0.3 is 0 Å². The van der Waals surface area contributed by atoms with Crippen molar-refractivity contribution in [1.29, 1.82) is 0 Å². The predicted octanol–water partition coefficient (Wildman–Crippen LogP) is 4.60. The molecule has 4 nitrogen and oxygen atoms in total. The van der Waals surface area contributed by atoms with Crippen LogP contribution in [0, 0.1) is 5.92 Å². The fourth-order valence-electron chi connectivity index (χ4n) is 3.83. The van der Waals surface area contributed by atoms with Crippen LogP contribution in [-0.4, -0.2) is 37.0 Å². The molecule has 0 bridgehead atoms. The second-order valence-electron chi connectivity index (χ2n) is 7.24. The molecule has 0 aromatic heterocycles. The number of ketones is 1. The van der Waals surface area contributed by atoms with E-state index < -0.39 is 0 Å². The average molecular weight is 386 g/mol. The van der Waals surface area contributed by atoms with E-state index in [4.69, 9.17) is 21.1 Å². The minimum atomic E-state index is 0.121. The number of benzene rings is 2. The van der Waals surface area contributed by atoms with Crippen molar-refractivity contribution in [3.63, 3.8) is 0 Å². The second kappa shape index (κ2) is 8.32. The van der Waals surface area contributed by atoms with Gasteiger partial charge in [0.05, 0.1) is 18.2 Å². The van der Waals surface area contributed by atoms with Crippen LogP contribution in [0.4, 0.5) is 0 Å². The normalized spacial score (nSPS) is 18.1. The van der Waals surface area contributed by atoms with Crippen molar-refractivity contribution < 1.29 is 14.3 Å². The Labute approximate surface area is 165 Å². The highest BCUT2D eigenvalue weighted by atomic mass is 35.5. The molecule has 2 aliphatic rings. The molecule has 2 aromatic carbocycles. The molecule has 0 saturated carbocycles. The monoisotopic (exact) mass is 385 g/mol. The van der Waals surface area contributed by atoms with E-state index >= 15 is 0 Å². The van der Waals surface area contributed by atoms with E-state index in [1.165, 1.54) is 0 Å². The highest BCUT2D eigenvalue weighted by molar-refractivity contribution is 6.32. The van der Waals surface area contributed by atoms with Gasteiger partial charge < -0.3 is 9.47 Å². The Kier molecular flexibility index (Phi) is 5.65. The molecule has 4 rings (SSSR count). The minimum Gasteiger partial charge on any atom is -0.489 e. The predicted molar refractivity (Wildman–Crippen MR) is 106 cm³/mol. The number of hydrogen-bond acceptors (Lipinski definition) is 4. The SMILES string of the molecule is O=C(c1ccccc1)C1CCN(Cc2cc(Cl)c3c(c2)OCCCO3)CC1. The highest BCUT2D eigenvalue weighted by Gasteiger charge is 2.26. The maximum atomic E-state index is 12.6. The van der Waals surface area contributed by atoms with Gasteiger partial charge in [-0.25, -0.2) is 0 Å². The molecule has 0 atom stereocenters. The van der Waals surface area contributed by atoms with Gasteiger partial charge in [-0.2, -0.15) is 0 Å². The van der Waals surface area contributed by atoms with Crippen molar-refractivity contribution >= 4 is 17.4 Å². The van der Waals surface area contributed by atoms with E-state index in [1.807, 2.05) is 42.5 Å². The first kappa shape index (κ1) is 18.3. The van der Waals surface area contributed by atoms with Crippen molar-refractivity contribution in [3.05, 3.63) is 58.6 Å². The van der Waals surface area contributed by atoms with Gasteiger partial charge in [0.15, 0.2) is 17.3 Å². The Hall–Kier alpha value is -2.04. The average Bonchev–Trinajstić information content (AvgIpc) is 2.95. The summed E-state index contributed by atoms with van der Waals surface area (Å²) in [5.41, 5.74) is 1.95. The van der Waals surface area contributed by atoms with E-state index in [9.17, 15) is 4.79 Å². The number of fused-ring (bicyclic) bond motifs is 1. The Morgan fingerprint density at radius 2 is 1.81 bits per heavy atom. The first-order valence-electron chi connectivity index (χ1n) is 9.60. The van der Waals surface area contributed by atoms with Crippen LogP contribution in [0.1, 0.15) is 35.2 Å². The summed E-state index contributed by atoms with van der Waals surface area (Å²) in [5.74, 6) is 1.79. The number of ether oxygens (including phenoxy) is 2. The lowest BCUT2D eigenvalue weighted by atomic mass is 9.89. The van der Waals surface area contributed by atoms with Gasteiger partial charge in [0, 0.05) is 24.4 Å². The van der Waals surface area contributed by atoms with Crippen molar-refractivity contribution in [2.75, 3.05) is 26.3 Å². The summed E-state index contributed by atoms with van der Waals surface area (Å²) in [7, 11) is 0. The molecule has 0 aliphatic carbocycles. The smallest absolute Gasteiger partial charge is 0.179 e. The number of hydrogen-bond donors (Lipinski definition) is 0. The van der Waals surface area contributed by atoms with Crippen LogP contribution in [0.15, 0.2) is 42.5 Å². The molecule has 0 spiro atoms. The van der Waals surface area contributed by atoms with Crippen LogP contribution in [0.3, 0.4) is 0 Å². The number of carbonyl (C=O) groups is 1. The van der Waals surface area contributed by atoms with E-state index in [-0.39, 0.29) is 11.7 Å². The molecule has 0 radical (unpaired) electrons. The van der Waals surface area contributed by atoms with Crippen LogP contribution in [0.2, 0.25) is 5.02 Å². The van der Waals surface area contributed by atoms with Crippen molar-refractivity contribution in [1.82, 2.24) is 4.90 Å². The van der Waals surface area contributed by atoms with E-state index in [1.54, 1.807) is 0 Å². The largest absolute Gasteiger partial charge is 0.489 e. The number of Topliss-reactive ketones (excluding diaryl/α,β-unsaturated/α-hetero) is 1. The highest BCUT2D eigenvalue weighted by Crippen LogP contribution is 2.38. The zero-order valence-electron chi connectivity index (χ0n) is 15.3. The lowest BCUT2D eigenvalue weighted by molar-refractivity contribution is 0.0835. The second-order valence-corrected chi connectivity index (χ2v) is 7.64. The summed E-state index contributed by atoms with van der Waals surface area (Å²) in [4.78, 5) is 15.0. The Balaban J connectivity index is 1.37. The third-order valence-corrected chi connectivity index (χ3v) is 5.57. The van der Waals surface area contributed by atoms with Crippen molar-refractivity contribution in [3.8, 4) is 11.5 Å². The number of carbonyl (C=O) groups excluding carboxylic acids is 1. The Bertz CT molecular complexity index is 801. The van der Waals surface area contributed by atoms with Crippen molar-refractivity contribution in [2.45, 2.75) is 25.8 Å². The summed E-state index contributed by atoms with van der Waals surface area (Å²) in [6.07, 6.45) is 2.65. The molecule has 1 fully saturated rings. The lowest BCUT2D eigenvalue weighted by Gasteiger charge is -2.31. The van der Waals surface area contributed by atoms with Crippen LogP contribution < -0.4 is 9.47 Å². The van der Waals surface area contributed by atoms with Crippen LogP contribution >= 0.6 is 11.6 Å². The number of halogens is 1. The minimum absolute atomic E-state index is 0.121. The van der Waals surface area contributed by atoms with E-state index in [2.05, 4.69) is 4.90 Å². The molecule has 2 aromatic rings. The van der Waals surface area contributed by atoms with Gasteiger partial charge in [-0.1, -0.05) is 41.9 Å². The number of nitrogens with zero attached hydrogens (tertiary/aromatic N) is 1. The van der Waals surface area contributed by atoms with Crippen LogP contribution in [0.5, 0.6) is 11.5 Å². The van der Waals surface area contributed by atoms with Crippen LogP contribution in [-0.2, 0) is 6.54 Å². The molecular weight excluding hydrogens is 362 g/mol. The van der Waals surface area contributed by atoms with Gasteiger partial charge in [0.2, 0.25) is 0 Å². The summed E-state index contributed by atoms with van der Waals surface area (Å²) in [5, 5.41) is 0.610. The summed E-state index contributed by atoms with van der Waals surface area (Å²) >= 11 is 6.40. The quantitative estimate of drug-likeness (QED) is 0.721. The van der Waals surface area contributed by atoms with Gasteiger partial charge in [0.1, 0.15) is 0 Å². The third kappa shape index (κ3) is 4.28. The molecule has 1 saturated heterocycles. The number of rotatable bonds is 4. The standard InChI is InChI=1S/C22H24ClNO3/c23-19-13-16(14-20-22(19)27-12-4-11-26-20)15-24-9-7-18(8-10-24)21(25)17-5-2-1-3-6-17/h1-3,5-6,13-14,18H,4,7-12,15H2. The number of likely N-dealkylation sites (tertiary alicyclic amines) is 1. The summed E-state index contributed by atoms with van der Waals surface area (Å²) < 4.78 is 11.5. The lowest BCUT2D eigenvalue weighted by Crippen LogP contribution is -2.36. The molecule has 5 heteroatoms. The summed E-state index contributed by atoms with van der Waals surface area (Å²) in [6, 6.07) is 13.6. The van der Waals surface area contributed by atoms with E-state index in [0.29, 0.717) is 24.0 Å². The van der Waals surface area contributed by atoms with Crippen LogP contribution in [0.25, 0.3) is 0 Å².